The van der Waals surface area contributed by atoms with Crippen molar-refractivity contribution in [2.75, 3.05) is 24.9 Å². The zero-order chi connectivity index (χ0) is 22.4. The van der Waals surface area contributed by atoms with E-state index in [2.05, 4.69) is 19.7 Å². The Morgan fingerprint density at radius 2 is 1.97 bits per heavy atom. The van der Waals surface area contributed by atoms with Gasteiger partial charge in [0.1, 0.15) is 16.7 Å². The summed E-state index contributed by atoms with van der Waals surface area (Å²) in [5.41, 5.74) is -1.14. The van der Waals surface area contributed by atoms with Crippen molar-refractivity contribution in [1.82, 2.24) is 15.2 Å². The lowest BCUT2D eigenvalue weighted by Gasteiger charge is -2.19. The van der Waals surface area contributed by atoms with Crippen molar-refractivity contribution in [2.45, 2.75) is 23.6 Å². The summed E-state index contributed by atoms with van der Waals surface area (Å²) in [5, 5.41) is 7.26. The topological polar surface area (TPSA) is 97.6 Å². The van der Waals surface area contributed by atoms with Gasteiger partial charge in [-0.2, -0.15) is 13.2 Å². The van der Waals surface area contributed by atoms with Crippen molar-refractivity contribution in [3.63, 3.8) is 0 Å². The molecule has 0 amide bonds. The minimum atomic E-state index is -4.66. The third-order valence-corrected chi connectivity index (χ3v) is 6.52. The highest BCUT2D eigenvalue weighted by atomic mass is 35.5. The maximum absolute atomic E-state index is 13.4. The summed E-state index contributed by atoms with van der Waals surface area (Å²) in [4.78, 5) is 1.65. The van der Waals surface area contributed by atoms with Crippen molar-refractivity contribution in [2.24, 2.45) is 0 Å². The van der Waals surface area contributed by atoms with E-state index in [-0.39, 0.29) is 26.6 Å². The lowest BCUT2D eigenvalue weighted by Crippen LogP contribution is -2.23. The summed E-state index contributed by atoms with van der Waals surface area (Å²) in [6, 6.07) is 5.32. The second-order valence-corrected chi connectivity index (χ2v) is 9.17. The molecule has 2 heterocycles. The van der Waals surface area contributed by atoms with Crippen LogP contribution in [0.25, 0.3) is 11.0 Å². The molecular weight excluding hydrogens is 461 g/mol. The maximum atomic E-state index is 13.4. The number of hydrogen-bond donors (Lipinski definition) is 1. The molecular formula is C18H16ClF3N4O4S. The van der Waals surface area contributed by atoms with Crippen LogP contribution in [0.1, 0.15) is 12.0 Å². The summed E-state index contributed by atoms with van der Waals surface area (Å²) in [6.45, 7) is 1.16. The van der Waals surface area contributed by atoms with Crippen molar-refractivity contribution in [1.29, 1.82) is 0 Å². The van der Waals surface area contributed by atoms with E-state index in [4.69, 9.17) is 16.3 Å². The van der Waals surface area contributed by atoms with E-state index in [0.717, 1.165) is 18.2 Å². The number of fused-ring (bicyclic) bond motifs is 1. The molecule has 2 aromatic carbocycles. The van der Waals surface area contributed by atoms with Gasteiger partial charge in [0.15, 0.2) is 11.0 Å². The first-order valence-corrected chi connectivity index (χ1v) is 10.9. The number of aromatic nitrogens is 2. The highest BCUT2D eigenvalue weighted by Gasteiger charge is 2.36. The molecule has 0 aliphatic carbocycles. The van der Waals surface area contributed by atoms with E-state index in [0.29, 0.717) is 19.5 Å². The standard InChI is InChI=1S/C18H16ClF3N4O4S/c1-26-7-6-11(9-26)29-14-8-10(2-3-12(14)18(20,21)22)25-31(27,28)15-5-4-13(19)16-17(15)24-30-23-16/h2-5,8,11,25H,6-7,9H2,1H3/t11-/m1/s1. The second-order valence-electron chi connectivity index (χ2n) is 7.11. The maximum Gasteiger partial charge on any atom is 0.419 e. The molecule has 0 spiro atoms. The van der Waals surface area contributed by atoms with Gasteiger partial charge in [-0.3, -0.25) is 4.72 Å². The van der Waals surface area contributed by atoms with E-state index in [1.807, 2.05) is 11.9 Å². The zero-order valence-corrected chi connectivity index (χ0v) is 17.6. The molecule has 0 saturated carbocycles. The number of nitrogens with one attached hydrogen (secondary N) is 1. The van der Waals surface area contributed by atoms with E-state index in [1.54, 1.807) is 0 Å². The predicted octanol–water partition coefficient (Wildman–Crippen LogP) is 3.78. The van der Waals surface area contributed by atoms with Gasteiger partial charge in [0, 0.05) is 19.2 Å². The van der Waals surface area contributed by atoms with Gasteiger partial charge in [0.05, 0.1) is 16.3 Å². The molecule has 0 radical (unpaired) electrons. The Labute approximate surface area is 179 Å². The lowest BCUT2D eigenvalue weighted by atomic mass is 10.1. The molecule has 1 fully saturated rings. The fourth-order valence-electron chi connectivity index (χ4n) is 3.33. The summed E-state index contributed by atoms with van der Waals surface area (Å²) >= 11 is 5.95. The highest BCUT2D eigenvalue weighted by Crippen LogP contribution is 2.39. The Morgan fingerprint density at radius 1 is 1.23 bits per heavy atom. The number of halogens is 4. The zero-order valence-electron chi connectivity index (χ0n) is 16.0. The van der Waals surface area contributed by atoms with Crippen LogP contribution in [0, 0.1) is 0 Å². The number of hydrogen-bond acceptors (Lipinski definition) is 7. The molecule has 13 heteroatoms. The minimum Gasteiger partial charge on any atom is -0.488 e. The van der Waals surface area contributed by atoms with E-state index >= 15 is 0 Å². The Morgan fingerprint density at radius 3 is 2.65 bits per heavy atom. The van der Waals surface area contributed by atoms with Crippen LogP contribution in [0.15, 0.2) is 39.9 Å². The molecule has 4 rings (SSSR count). The van der Waals surface area contributed by atoms with Gasteiger partial charge in [-0.05, 0) is 48.0 Å². The van der Waals surface area contributed by atoms with Crippen LogP contribution in [-0.2, 0) is 16.2 Å². The van der Waals surface area contributed by atoms with Crippen LogP contribution in [0.4, 0.5) is 18.9 Å². The molecule has 1 aromatic heterocycles. The average Bonchev–Trinajstić information content (AvgIpc) is 3.30. The third kappa shape index (κ3) is 4.41. The van der Waals surface area contributed by atoms with Crippen molar-refractivity contribution >= 4 is 38.3 Å². The van der Waals surface area contributed by atoms with Gasteiger partial charge in [-0.15, -0.1) is 0 Å². The minimum absolute atomic E-state index is 0.0475. The van der Waals surface area contributed by atoms with E-state index < -0.39 is 33.6 Å². The molecule has 0 bridgehead atoms. The fourth-order valence-corrected chi connectivity index (χ4v) is 4.70. The van der Waals surface area contributed by atoms with Crippen LogP contribution >= 0.6 is 11.6 Å². The normalized spacial score (nSPS) is 17.9. The largest absolute Gasteiger partial charge is 0.488 e. The monoisotopic (exact) mass is 476 g/mol. The predicted molar refractivity (Wildman–Crippen MR) is 106 cm³/mol. The Bertz CT molecular complexity index is 1230. The van der Waals surface area contributed by atoms with Crippen LogP contribution in [-0.4, -0.2) is 49.9 Å². The summed E-state index contributed by atoms with van der Waals surface area (Å²) in [6.07, 6.45) is -4.53. The second kappa shape index (κ2) is 7.84. The third-order valence-electron chi connectivity index (χ3n) is 4.80. The first-order valence-electron chi connectivity index (χ1n) is 9.04. The van der Waals surface area contributed by atoms with Crippen LogP contribution < -0.4 is 9.46 Å². The number of alkyl halides is 3. The van der Waals surface area contributed by atoms with Gasteiger partial charge >= 0.3 is 6.18 Å². The van der Waals surface area contributed by atoms with Crippen molar-refractivity contribution < 1.29 is 31.0 Å². The summed E-state index contributed by atoms with van der Waals surface area (Å²) in [7, 11) is -2.41. The molecule has 166 valence electrons. The van der Waals surface area contributed by atoms with Crippen LogP contribution in [0.2, 0.25) is 5.02 Å². The number of likely N-dealkylation sites (N-methyl/N-ethyl adjacent to an activating group) is 1. The van der Waals surface area contributed by atoms with Gasteiger partial charge in [0.25, 0.3) is 10.0 Å². The van der Waals surface area contributed by atoms with Gasteiger partial charge in [0.2, 0.25) is 0 Å². The number of ether oxygens (including phenoxy) is 1. The molecule has 8 nitrogen and oxygen atoms in total. The van der Waals surface area contributed by atoms with Crippen molar-refractivity contribution in [3.8, 4) is 5.75 Å². The highest BCUT2D eigenvalue weighted by molar-refractivity contribution is 7.93. The molecule has 1 saturated heterocycles. The number of nitrogens with zero attached hydrogens (tertiary/aromatic N) is 3. The first kappa shape index (κ1) is 21.7. The number of sulfonamides is 1. The number of benzene rings is 2. The fraction of sp³-hybridized carbons (Fsp3) is 0.333. The first-order chi connectivity index (χ1) is 14.5. The van der Waals surface area contributed by atoms with Crippen molar-refractivity contribution in [3.05, 3.63) is 40.9 Å². The Kier molecular flexibility index (Phi) is 5.48. The SMILES string of the molecule is CN1CC[C@@H](Oc2cc(NS(=O)(=O)c3ccc(Cl)c4nonc34)ccc2C(F)(F)F)C1. The number of rotatable bonds is 5. The molecule has 3 aromatic rings. The van der Waals surface area contributed by atoms with Gasteiger partial charge in [-0.1, -0.05) is 11.6 Å². The molecule has 0 unspecified atom stereocenters. The van der Waals surface area contributed by atoms with Crippen LogP contribution in [0.3, 0.4) is 0 Å². The van der Waals surface area contributed by atoms with E-state index in [1.165, 1.54) is 12.1 Å². The molecule has 1 atom stereocenters. The molecule has 1 aliphatic heterocycles. The quantitative estimate of drug-likeness (QED) is 0.598. The Balaban J connectivity index is 1.68. The lowest BCUT2D eigenvalue weighted by molar-refractivity contribution is -0.139. The van der Waals surface area contributed by atoms with E-state index in [9.17, 15) is 21.6 Å². The number of anilines is 1. The molecule has 1 aliphatic rings. The Hall–Kier alpha value is -2.57. The average molecular weight is 477 g/mol. The molecule has 1 N–H and O–H groups in total. The summed E-state index contributed by atoms with van der Waals surface area (Å²) in [5.74, 6) is -0.447. The van der Waals surface area contributed by atoms with Gasteiger partial charge in [-0.25, -0.2) is 13.0 Å². The molecule has 31 heavy (non-hydrogen) atoms. The van der Waals surface area contributed by atoms with Gasteiger partial charge < -0.3 is 9.64 Å². The summed E-state index contributed by atoms with van der Waals surface area (Å²) < 4.78 is 78.5. The van der Waals surface area contributed by atoms with Crippen LogP contribution in [0.5, 0.6) is 5.75 Å². The number of likely N-dealkylation sites (tertiary alicyclic amines) is 1. The smallest absolute Gasteiger partial charge is 0.419 e.